The van der Waals surface area contributed by atoms with Gasteiger partial charge >= 0.3 is 5.97 Å². The van der Waals surface area contributed by atoms with Crippen molar-refractivity contribution in [1.82, 2.24) is 10.2 Å². The van der Waals surface area contributed by atoms with Gasteiger partial charge in [0.25, 0.3) is 5.91 Å². The molecule has 0 saturated carbocycles. The molecule has 1 heterocycles. The van der Waals surface area contributed by atoms with E-state index in [-0.39, 0.29) is 35.9 Å². The van der Waals surface area contributed by atoms with E-state index in [0.717, 1.165) is 5.56 Å². The first-order valence-corrected chi connectivity index (χ1v) is 9.34. The van der Waals surface area contributed by atoms with E-state index in [4.69, 9.17) is 4.74 Å². The standard InChI is InChI=1S/C18H22N2O4S/c1-4-13(18(23)24-5-2)20-16(22)15(17(20)25-3)19-14(21)11-12-9-7-6-8-10-12/h4,6-10,15,17H,5,11H2,1-3H3,(H,19,21)/b13-4+. The SMILES string of the molecule is C/C=C(\C(=O)OCC)N1C(=O)C(NC(=O)Cc2ccccc2)C1SC. The van der Waals surface area contributed by atoms with E-state index >= 15 is 0 Å². The normalized spacial score (nSPS) is 20.0. The van der Waals surface area contributed by atoms with Gasteiger partial charge in [0.05, 0.1) is 13.0 Å². The molecule has 1 aromatic rings. The van der Waals surface area contributed by atoms with Gasteiger partial charge in [0.2, 0.25) is 5.91 Å². The van der Waals surface area contributed by atoms with E-state index in [9.17, 15) is 14.4 Å². The molecule has 0 radical (unpaired) electrons. The van der Waals surface area contributed by atoms with Crippen LogP contribution in [-0.4, -0.2) is 47.0 Å². The van der Waals surface area contributed by atoms with E-state index in [2.05, 4.69) is 5.32 Å². The summed E-state index contributed by atoms with van der Waals surface area (Å²) in [7, 11) is 0. The van der Waals surface area contributed by atoms with Crippen LogP contribution in [0.25, 0.3) is 0 Å². The monoisotopic (exact) mass is 362 g/mol. The quantitative estimate of drug-likeness (QED) is 0.454. The summed E-state index contributed by atoms with van der Waals surface area (Å²) in [6, 6.07) is 8.68. The molecule has 2 unspecified atom stereocenters. The van der Waals surface area contributed by atoms with Crippen molar-refractivity contribution in [2.45, 2.75) is 31.7 Å². The number of esters is 1. The zero-order valence-electron chi connectivity index (χ0n) is 14.5. The van der Waals surface area contributed by atoms with Crippen molar-refractivity contribution in [1.29, 1.82) is 0 Å². The number of carbonyl (C=O) groups is 3. The molecule has 1 fully saturated rings. The molecule has 1 N–H and O–H groups in total. The van der Waals surface area contributed by atoms with Crippen molar-refractivity contribution in [2.75, 3.05) is 12.9 Å². The summed E-state index contributed by atoms with van der Waals surface area (Å²) in [5, 5.41) is 2.43. The predicted molar refractivity (Wildman–Crippen MR) is 96.6 cm³/mol. The fourth-order valence-electron chi connectivity index (χ4n) is 2.66. The summed E-state index contributed by atoms with van der Waals surface area (Å²) < 4.78 is 4.99. The molecule has 0 aromatic heterocycles. The Hall–Kier alpha value is -2.28. The number of hydrogen-bond acceptors (Lipinski definition) is 5. The second kappa shape index (κ2) is 8.71. The topological polar surface area (TPSA) is 75.7 Å². The van der Waals surface area contributed by atoms with Crippen molar-refractivity contribution in [2.24, 2.45) is 0 Å². The third kappa shape index (κ3) is 4.22. The lowest BCUT2D eigenvalue weighted by Crippen LogP contribution is -2.69. The first kappa shape index (κ1) is 19.1. The minimum Gasteiger partial charge on any atom is -0.461 e. The number of β-lactam (4-membered cyclic amide) rings is 1. The number of thioether (sulfide) groups is 1. The number of allylic oxidation sites excluding steroid dienone is 1. The van der Waals surface area contributed by atoms with Gasteiger partial charge in [-0.1, -0.05) is 36.4 Å². The van der Waals surface area contributed by atoms with Crippen LogP contribution in [0.1, 0.15) is 19.4 Å². The van der Waals surface area contributed by atoms with E-state index in [1.807, 2.05) is 36.6 Å². The molecule has 1 aliphatic heterocycles. The second-order valence-corrected chi connectivity index (χ2v) is 6.39. The number of carbonyl (C=O) groups excluding carboxylic acids is 3. The van der Waals surface area contributed by atoms with Gasteiger partial charge in [0.15, 0.2) is 0 Å². The zero-order chi connectivity index (χ0) is 18.4. The third-order valence-corrected chi connectivity index (χ3v) is 4.79. The van der Waals surface area contributed by atoms with E-state index in [1.54, 1.807) is 19.9 Å². The molecule has 134 valence electrons. The van der Waals surface area contributed by atoms with Crippen LogP contribution in [0.5, 0.6) is 0 Å². The van der Waals surface area contributed by atoms with Gasteiger partial charge in [0, 0.05) is 0 Å². The van der Waals surface area contributed by atoms with E-state index < -0.39 is 12.0 Å². The van der Waals surface area contributed by atoms with Crippen molar-refractivity contribution in [3.8, 4) is 0 Å². The highest BCUT2D eigenvalue weighted by Crippen LogP contribution is 2.32. The highest BCUT2D eigenvalue weighted by atomic mass is 32.2. The number of benzene rings is 1. The fourth-order valence-corrected chi connectivity index (χ4v) is 3.55. The number of amides is 2. The van der Waals surface area contributed by atoms with Crippen molar-refractivity contribution in [3.63, 3.8) is 0 Å². The van der Waals surface area contributed by atoms with Crippen LogP contribution in [0, 0.1) is 0 Å². The second-order valence-electron chi connectivity index (χ2n) is 5.44. The van der Waals surface area contributed by atoms with Crippen LogP contribution in [0.4, 0.5) is 0 Å². The summed E-state index contributed by atoms with van der Waals surface area (Å²) in [5.74, 6) is -1.06. The van der Waals surface area contributed by atoms with Gasteiger partial charge in [-0.3, -0.25) is 14.5 Å². The zero-order valence-corrected chi connectivity index (χ0v) is 15.3. The van der Waals surface area contributed by atoms with Crippen LogP contribution in [0.15, 0.2) is 42.1 Å². The first-order valence-electron chi connectivity index (χ1n) is 8.06. The summed E-state index contributed by atoms with van der Waals surface area (Å²) in [4.78, 5) is 38.1. The van der Waals surface area contributed by atoms with Gasteiger partial charge in [-0.05, 0) is 25.7 Å². The van der Waals surface area contributed by atoms with Gasteiger partial charge in [-0.2, -0.15) is 0 Å². The Morgan fingerprint density at radius 3 is 2.56 bits per heavy atom. The summed E-state index contributed by atoms with van der Waals surface area (Å²) in [6.07, 6.45) is 3.60. The maximum atomic E-state index is 12.5. The Morgan fingerprint density at radius 2 is 2.00 bits per heavy atom. The minimum atomic E-state index is -0.643. The Balaban J connectivity index is 2.03. The van der Waals surface area contributed by atoms with Crippen LogP contribution in [0.2, 0.25) is 0 Å². The number of nitrogens with one attached hydrogen (secondary N) is 1. The smallest absolute Gasteiger partial charge is 0.354 e. The predicted octanol–water partition coefficient (Wildman–Crippen LogP) is 1.71. The molecule has 1 aromatic carbocycles. The molecular formula is C18H22N2O4S. The number of rotatable bonds is 7. The lowest BCUT2D eigenvalue weighted by atomic mass is 10.0. The molecule has 0 bridgehead atoms. The average molecular weight is 362 g/mol. The van der Waals surface area contributed by atoms with Crippen LogP contribution in [0.3, 0.4) is 0 Å². The summed E-state index contributed by atoms with van der Waals surface area (Å²) in [6.45, 7) is 3.62. The maximum Gasteiger partial charge on any atom is 0.354 e. The molecule has 0 spiro atoms. The number of hydrogen-bond donors (Lipinski definition) is 1. The molecule has 1 saturated heterocycles. The Kier molecular flexibility index (Phi) is 6.64. The van der Waals surface area contributed by atoms with Crippen molar-refractivity contribution in [3.05, 3.63) is 47.7 Å². The molecule has 25 heavy (non-hydrogen) atoms. The third-order valence-electron chi connectivity index (χ3n) is 3.83. The average Bonchev–Trinajstić information content (AvgIpc) is 2.61. The fraction of sp³-hybridized carbons (Fsp3) is 0.389. The molecular weight excluding hydrogens is 340 g/mol. The lowest BCUT2D eigenvalue weighted by molar-refractivity contribution is -0.152. The highest BCUT2D eigenvalue weighted by Gasteiger charge is 2.50. The molecule has 7 heteroatoms. The summed E-state index contributed by atoms with van der Waals surface area (Å²) in [5.41, 5.74) is 1.09. The van der Waals surface area contributed by atoms with Gasteiger partial charge < -0.3 is 10.1 Å². The summed E-state index contributed by atoms with van der Waals surface area (Å²) >= 11 is 1.40. The molecule has 2 rings (SSSR count). The first-order chi connectivity index (χ1) is 12.0. The van der Waals surface area contributed by atoms with Crippen LogP contribution in [-0.2, 0) is 25.5 Å². The Labute approximate surface area is 151 Å². The van der Waals surface area contributed by atoms with Crippen molar-refractivity contribution < 1.29 is 19.1 Å². The molecule has 2 amide bonds. The Bertz CT molecular complexity index is 675. The molecule has 0 aliphatic carbocycles. The lowest BCUT2D eigenvalue weighted by Gasteiger charge is -2.46. The van der Waals surface area contributed by atoms with Crippen LogP contribution >= 0.6 is 11.8 Å². The minimum absolute atomic E-state index is 0.208. The molecule has 1 aliphatic rings. The Morgan fingerprint density at radius 1 is 1.32 bits per heavy atom. The van der Waals surface area contributed by atoms with Gasteiger partial charge in [-0.25, -0.2) is 4.79 Å². The van der Waals surface area contributed by atoms with E-state index in [0.29, 0.717) is 0 Å². The van der Waals surface area contributed by atoms with Crippen molar-refractivity contribution >= 4 is 29.5 Å². The molecule has 6 nitrogen and oxygen atoms in total. The van der Waals surface area contributed by atoms with Gasteiger partial charge in [-0.15, -0.1) is 11.8 Å². The number of nitrogens with zero attached hydrogens (tertiary/aromatic N) is 1. The maximum absolute atomic E-state index is 12.5. The number of ether oxygens (including phenoxy) is 1. The van der Waals surface area contributed by atoms with Crippen LogP contribution < -0.4 is 5.32 Å². The largest absolute Gasteiger partial charge is 0.461 e. The van der Waals surface area contributed by atoms with E-state index in [1.165, 1.54) is 16.7 Å². The number of likely N-dealkylation sites (tertiary alicyclic amines) is 1. The van der Waals surface area contributed by atoms with Gasteiger partial charge in [0.1, 0.15) is 17.1 Å². The highest BCUT2D eigenvalue weighted by molar-refractivity contribution is 7.99. The molecule has 2 atom stereocenters.